The number of aromatic nitrogens is 1. The van der Waals surface area contributed by atoms with E-state index in [1.807, 2.05) is 54.6 Å². The van der Waals surface area contributed by atoms with Crippen molar-refractivity contribution >= 4 is 5.69 Å². The Balaban J connectivity index is 1.89. The quantitative estimate of drug-likeness (QED) is 0.511. The van der Waals surface area contributed by atoms with Gasteiger partial charge in [0.05, 0.1) is 10.6 Å². The van der Waals surface area contributed by atoms with Gasteiger partial charge in [-0.1, -0.05) is 42.5 Å². The summed E-state index contributed by atoms with van der Waals surface area (Å²) in [5.41, 5.74) is 3.12. The Kier molecular flexibility index (Phi) is 4.52. The van der Waals surface area contributed by atoms with Crippen LogP contribution in [0.2, 0.25) is 0 Å². The molecule has 2 aromatic carbocycles. The second kappa shape index (κ2) is 6.91. The predicted octanol–water partition coefficient (Wildman–Crippen LogP) is 4.54. The molecule has 0 fully saturated rings. The first-order valence-electron chi connectivity index (χ1n) is 7.52. The van der Waals surface area contributed by atoms with E-state index in [1.54, 1.807) is 13.0 Å². The average molecular weight is 320 g/mol. The molecule has 0 saturated carbocycles. The van der Waals surface area contributed by atoms with Crippen molar-refractivity contribution in [2.24, 2.45) is 0 Å². The van der Waals surface area contributed by atoms with Gasteiger partial charge in [-0.15, -0.1) is 0 Å². The predicted molar refractivity (Wildman–Crippen MR) is 91.8 cm³/mol. The molecule has 0 atom stereocenters. The van der Waals surface area contributed by atoms with E-state index in [4.69, 9.17) is 4.74 Å². The number of nitrogens with zero attached hydrogens (tertiary/aromatic N) is 2. The number of hydrogen-bond donors (Lipinski definition) is 0. The topological polar surface area (TPSA) is 65.3 Å². The van der Waals surface area contributed by atoms with Gasteiger partial charge in [0, 0.05) is 11.1 Å². The summed E-state index contributed by atoms with van der Waals surface area (Å²) in [6, 6.07) is 19.1. The normalized spacial score (nSPS) is 10.4. The van der Waals surface area contributed by atoms with Gasteiger partial charge in [-0.25, -0.2) is 4.98 Å². The molecule has 3 rings (SSSR count). The van der Waals surface area contributed by atoms with E-state index in [-0.39, 0.29) is 5.69 Å². The molecule has 0 unspecified atom stereocenters. The fraction of sp³-hybridized carbons (Fsp3) is 0.105. The lowest BCUT2D eigenvalue weighted by atomic mass is 10.1. The number of benzene rings is 2. The lowest BCUT2D eigenvalue weighted by Crippen LogP contribution is -1.98. The van der Waals surface area contributed by atoms with Crippen molar-refractivity contribution in [3.05, 3.63) is 88.1 Å². The van der Waals surface area contributed by atoms with Crippen molar-refractivity contribution in [3.8, 4) is 17.0 Å². The van der Waals surface area contributed by atoms with Gasteiger partial charge in [0.1, 0.15) is 18.6 Å². The highest BCUT2D eigenvalue weighted by atomic mass is 16.6. The van der Waals surface area contributed by atoms with Gasteiger partial charge < -0.3 is 4.74 Å². The Labute approximate surface area is 139 Å². The van der Waals surface area contributed by atoms with Gasteiger partial charge in [-0.2, -0.15) is 0 Å². The fourth-order valence-corrected chi connectivity index (χ4v) is 2.43. The van der Waals surface area contributed by atoms with Crippen molar-refractivity contribution in [2.45, 2.75) is 13.5 Å². The van der Waals surface area contributed by atoms with Crippen LogP contribution in [-0.2, 0) is 6.61 Å². The Bertz CT molecular complexity index is 863. The second-order valence-electron chi connectivity index (χ2n) is 5.38. The highest BCUT2D eigenvalue weighted by Crippen LogP contribution is 2.31. The summed E-state index contributed by atoms with van der Waals surface area (Å²) in [6.45, 7) is 2.15. The fourth-order valence-electron chi connectivity index (χ4n) is 2.43. The van der Waals surface area contributed by atoms with Crippen LogP contribution in [0.3, 0.4) is 0 Å². The van der Waals surface area contributed by atoms with Crippen LogP contribution in [0.5, 0.6) is 5.75 Å². The SMILES string of the molecule is Cc1cc(-c2ccccc2OCc2ccccc2)ncc1[N+](=O)[O-]. The van der Waals surface area contributed by atoms with Crippen LogP contribution in [-0.4, -0.2) is 9.91 Å². The Morgan fingerprint density at radius 2 is 1.79 bits per heavy atom. The Hall–Kier alpha value is -3.21. The Morgan fingerprint density at radius 1 is 1.08 bits per heavy atom. The van der Waals surface area contributed by atoms with E-state index in [0.29, 0.717) is 23.6 Å². The van der Waals surface area contributed by atoms with Gasteiger partial charge in [0.25, 0.3) is 5.69 Å². The standard InChI is InChI=1S/C19H16N2O3/c1-14-11-17(20-12-18(14)21(22)23)16-9-5-6-10-19(16)24-13-15-7-3-2-4-8-15/h2-12H,13H2,1H3. The number of aryl methyl sites for hydroxylation is 1. The molecule has 24 heavy (non-hydrogen) atoms. The lowest BCUT2D eigenvalue weighted by Gasteiger charge is -2.11. The van der Waals surface area contributed by atoms with Crippen molar-refractivity contribution in [3.63, 3.8) is 0 Å². The Morgan fingerprint density at radius 3 is 2.50 bits per heavy atom. The van der Waals surface area contributed by atoms with Gasteiger partial charge in [-0.05, 0) is 30.7 Å². The zero-order chi connectivity index (χ0) is 16.9. The molecule has 5 heteroatoms. The third kappa shape index (κ3) is 3.41. The number of hydrogen-bond acceptors (Lipinski definition) is 4. The first-order valence-corrected chi connectivity index (χ1v) is 7.52. The average Bonchev–Trinajstić information content (AvgIpc) is 2.60. The van der Waals surface area contributed by atoms with E-state index in [9.17, 15) is 10.1 Å². The number of rotatable bonds is 5. The maximum atomic E-state index is 10.9. The summed E-state index contributed by atoms with van der Waals surface area (Å²) in [7, 11) is 0. The highest BCUT2D eigenvalue weighted by Gasteiger charge is 2.14. The zero-order valence-corrected chi connectivity index (χ0v) is 13.2. The molecule has 0 N–H and O–H groups in total. The molecule has 1 aromatic heterocycles. The highest BCUT2D eigenvalue weighted by molar-refractivity contribution is 5.68. The van der Waals surface area contributed by atoms with Crippen LogP contribution in [0.1, 0.15) is 11.1 Å². The second-order valence-corrected chi connectivity index (χ2v) is 5.38. The van der Waals surface area contributed by atoms with E-state index in [2.05, 4.69) is 4.98 Å². The summed E-state index contributed by atoms with van der Waals surface area (Å²) in [4.78, 5) is 14.7. The summed E-state index contributed by atoms with van der Waals surface area (Å²) >= 11 is 0. The molecule has 5 nitrogen and oxygen atoms in total. The number of pyridine rings is 1. The molecular weight excluding hydrogens is 304 g/mol. The minimum atomic E-state index is -0.427. The summed E-state index contributed by atoms with van der Waals surface area (Å²) < 4.78 is 5.92. The summed E-state index contributed by atoms with van der Waals surface area (Å²) in [5.74, 6) is 0.696. The van der Waals surface area contributed by atoms with E-state index in [0.717, 1.165) is 11.1 Å². The number of ether oxygens (including phenoxy) is 1. The van der Waals surface area contributed by atoms with Gasteiger partial charge in [-0.3, -0.25) is 10.1 Å². The molecule has 0 saturated heterocycles. The van der Waals surface area contributed by atoms with Crippen LogP contribution >= 0.6 is 0 Å². The third-order valence-corrected chi connectivity index (χ3v) is 3.68. The summed E-state index contributed by atoms with van der Waals surface area (Å²) in [5, 5.41) is 10.9. The van der Waals surface area contributed by atoms with Crippen LogP contribution in [0.4, 0.5) is 5.69 Å². The maximum absolute atomic E-state index is 10.9. The molecule has 0 amide bonds. The van der Waals surface area contributed by atoms with Crippen molar-refractivity contribution in [1.29, 1.82) is 0 Å². The first-order chi connectivity index (χ1) is 11.6. The molecule has 0 aliphatic rings. The van der Waals surface area contributed by atoms with E-state index >= 15 is 0 Å². The van der Waals surface area contributed by atoms with Crippen LogP contribution in [0.25, 0.3) is 11.3 Å². The molecule has 0 spiro atoms. The smallest absolute Gasteiger partial charge is 0.290 e. The van der Waals surface area contributed by atoms with Crippen molar-refractivity contribution < 1.29 is 9.66 Å². The largest absolute Gasteiger partial charge is 0.488 e. The van der Waals surface area contributed by atoms with E-state index in [1.165, 1.54) is 6.20 Å². The lowest BCUT2D eigenvalue weighted by molar-refractivity contribution is -0.385. The molecular formula is C19H16N2O3. The van der Waals surface area contributed by atoms with Crippen LogP contribution in [0.15, 0.2) is 66.9 Å². The molecule has 3 aromatic rings. The van der Waals surface area contributed by atoms with Crippen LogP contribution < -0.4 is 4.74 Å². The third-order valence-electron chi connectivity index (χ3n) is 3.68. The molecule has 0 aliphatic carbocycles. The molecule has 0 aliphatic heterocycles. The van der Waals surface area contributed by atoms with Gasteiger partial charge in [0.15, 0.2) is 0 Å². The number of para-hydroxylation sites is 1. The molecule has 1 heterocycles. The first kappa shape index (κ1) is 15.7. The zero-order valence-electron chi connectivity index (χ0n) is 13.2. The maximum Gasteiger partial charge on any atom is 0.290 e. The minimum Gasteiger partial charge on any atom is -0.488 e. The van der Waals surface area contributed by atoms with E-state index < -0.39 is 4.92 Å². The molecule has 0 radical (unpaired) electrons. The minimum absolute atomic E-state index is 0.0152. The molecule has 120 valence electrons. The van der Waals surface area contributed by atoms with Crippen molar-refractivity contribution in [1.82, 2.24) is 4.98 Å². The van der Waals surface area contributed by atoms with Crippen LogP contribution in [0, 0.1) is 17.0 Å². The molecule has 0 bridgehead atoms. The summed E-state index contributed by atoms with van der Waals surface area (Å²) in [6.07, 6.45) is 1.29. The van der Waals surface area contributed by atoms with Gasteiger partial charge in [0.2, 0.25) is 0 Å². The van der Waals surface area contributed by atoms with Crippen molar-refractivity contribution in [2.75, 3.05) is 0 Å². The monoisotopic (exact) mass is 320 g/mol. The van der Waals surface area contributed by atoms with Gasteiger partial charge >= 0.3 is 0 Å². The number of nitro groups is 1.